The number of carbonyl (C=O) groups excluding carboxylic acids is 3. The fraction of sp³-hybridized carbons (Fsp3) is 0.606. The van der Waals surface area contributed by atoms with Crippen molar-refractivity contribution in [2.45, 2.75) is 263 Å². The van der Waals surface area contributed by atoms with Gasteiger partial charge in [-0.15, -0.1) is 0 Å². The van der Waals surface area contributed by atoms with Gasteiger partial charge in [-0.1, -0.05) is 218 Å². The zero-order chi connectivity index (χ0) is 60.3. The molecule has 12 nitrogen and oxygen atoms in total. The molecule has 0 aromatic rings. The van der Waals surface area contributed by atoms with Crippen molar-refractivity contribution in [1.82, 2.24) is 0 Å². The number of allylic oxidation sites excluding steroid dienone is 24. The predicted molar refractivity (Wildman–Crippen MR) is 339 cm³/mol. The molecule has 466 valence electrons. The second-order valence-electron chi connectivity index (χ2n) is 20.9. The quantitative estimate of drug-likeness (QED) is 0.0228. The van der Waals surface area contributed by atoms with Gasteiger partial charge in [-0.25, -0.2) is 4.79 Å². The number of aliphatic carboxylic acids is 1. The summed E-state index contributed by atoms with van der Waals surface area (Å²) in [6.07, 6.45) is 69.4. The molecule has 6 atom stereocenters. The number of aliphatic hydroxyl groups excluding tert-OH is 2. The van der Waals surface area contributed by atoms with E-state index in [1.807, 2.05) is 0 Å². The van der Waals surface area contributed by atoms with E-state index in [1.165, 1.54) is 0 Å². The van der Waals surface area contributed by atoms with Gasteiger partial charge in [0.1, 0.15) is 18.8 Å². The maximum atomic E-state index is 13.2. The first-order valence-electron chi connectivity index (χ1n) is 31.8. The van der Waals surface area contributed by atoms with E-state index >= 15 is 0 Å². The third-order valence-corrected chi connectivity index (χ3v) is 13.4. The molecule has 0 aromatic carbocycles. The number of aliphatic hydroxyl groups is 2. The highest BCUT2D eigenvalue weighted by Gasteiger charge is 2.50. The highest BCUT2D eigenvalue weighted by molar-refractivity contribution is 5.74. The van der Waals surface area contributed by atoms with Crippen molar-refractivity contribution >= 4 is 23.9 Å². The van der Waals surface area contributed by atoms with Crippen LogP contribution in [0, 0.1) is 0 Å². The molecule has 1 aliphatic rings. The number of carboxylic acids is 1. The topological polar surface area (TPSA) is 175 Å². The molecule has 1 rings (SSSR count). The minimum atomic E-state index is -1.93. The van der Waals surface area contributed by atoms with Crippen molar-refractivity contribution in [2.24, 2.45) is 0 Å². The third-order valence-electron chi connectivity index (χ3n) is 13.4. The van der Waals surface area contributed by atoms with Crippen LogP contribution < -0.4 is 0 Å². The molecule has 12 heteroatoms. The maximum Gasteiger partial charge on any atom is 0.335 e. The van der Waals surface area contributed by atoms with E-state index in [9.17, 15) is 34.5 Å². The number of esters is 3. The summed E-state index contributed by atoms with van der Waals surface area (Å²) in [5.41, 5.74) is 0. The minimum Gasteiger partial charge on any atom is -0.479 e. The normalized spacial score (nSPS) is 18.6. The van der Waals surface area contributed by atoms with Crippen LogP contribution in [0.3, 0.4) is 0 Å². The summed E-state index contributed by atoms with van der Waals surface area (Å²) >= 11 is 0. The van der Waals surface area contributed by atoms with Crippen molar-refractivity contribution in [1.29, 1.82) is 0 Å². The fourth-order valence-corrected chi connectivity index (χ4v) is 8.63. The Bertz CT molecular complexity index is 2000. The first-order valence-corrected chi connectivity index (χ1v) is 31.8. The van der Waals surface area contributed by atoms with Crippen molar-refractivity contribution in [3.63, 3.8) is 0 Å². The second-order valence-corrected chi connectivity index (χ2v) is 20.9. The molecular formula is C71H110O12. The standard InChI is InChI=1S/C71H110O12/c1-4-7-10-13-16-19-22-25-28-31-32-35-36-39-42-45-48-51-54-57-63(72)79-60-62(81-64(73)58-55-52-49-46-43-40-37-33-29-26-23-20-17-14-11-8-5-2)61-80-71-69(67(76)66(75)68(83-71)70(77)78)82-65(74)59-56-53-50-47-44-41-38-34-30-27-24-21-18-15-12-9-6-3/h7-12,16-21,25-30,32,35,38-39,41-42,62,66-69,71,75-76H,4-6,13-15,22-24,31,33-34,36-37,40,43-61H2,1-3H3,(H,77,78)/b10-7-,11-8-,12-9-,19-16-,20-17-,21-18-,28-25-,29-26-,30-27-,35-32-,41-38-,42-39-. The van der Waals surface area contributed by atoms with Gasteiger partial charge in [-0.05, 0) is 135 Å². The average molecular weight is 1160 g/mol. The zero-order valence-corrected chi connectivity index (χ0v) is 51.4. The molecule has 0 aliphatic carbocycles. The SMILES string of the molecule is CC/C=C\C/C=C\C/C=C\C/C=C\C/C=C\CCCCCC(=O)OCC(COC1OC(C(=O)O)C(O)C(O)C1OC(=O)CCCCCC/C=C\C/C=C\C/C=C\C/C=C\CC)OC(=O)CCCCCCCCC/C=C\C/C=C\C/C=C\CC. The van der Waals surface area contributed by atoms with Crippen LogP contribution in [0.15, 0.2) is 146 Å². The molecular weight excluding hydrogens is 1040 g/mol. The first kappa shape index (κ1) is 75.6. The Labute approximate surface area is 502 Å². The number of carbonyl (C=O) groups is 4. The molecule has 0 amide bonds. The number of unbranched alkanes of at least 4 members (excludes halogenated alkanes) is 14. The van der Waals surface area contributed by atoms with Crippen LogP contribution >= 0.6 is 0 Å². The fourth-order valence-electron chi connectivity index (χ4n) is 8.63. The molecule has 0 aromatic heterocycles. The molecule has 3 N–H and O–H groups in total. The number of carboxylic acid groups (broad SMARTS) is 1. The van der Waals surface area contributed by atoms with Crippen LogP contribution in [-0.2, 0) is 42.9 Å². The number of hydrogen-bond donors (Lipinski definition) is 3. The lowest BCUT2D eigenvalue weighted by molar-refractivity contribution is -0.301. The molecule has 1 fully saturated rings. The monoisotopic (exact) mass is 1150 g/mol. The summed E-state index contributed by atoms with van der Waals surface area (Å²) in [7, 11) is 0. The summed E-state index contributed by atoms with van der Waals surface area (Å²) < 4.78 is 28.5. The lowest BCUT2D eigenvalue weighted by Gasteiger charge is -2.40. The van der Waals surface area contributed by atoms with Gasteiger partial charge in [0.15, 0.2) is 24.6 Å². The molecule has 83 heavy (non-hydrogen) atoms. The third kappa shape index (κ3) is 46.6. The van der Waals surface area contributed by atoms with E-state index in [-0.39, 0.29) is 25.9 Å². The van der Waals surface area contributed by atoms with Gasteiger partial charge >= 0.3 is 23.9 Å². The first-order chi connectivity index (χ1) is 40.6. The van der Waals surface area contributed by atoms with Crippen LogP contribution in [0.1, 0.15) is 226 Å². The van der Waals surface area contributed by atoms with E-state index in [4.69, 9.17) is 23.7 Å². The largest absolute Gasteiger partial charge is 0.479 e. The van der Waals surface area contributed by atoms with Crippen LogP contribution in [-0.4, -0.2) is 89.2 Å². The Morgan fingerprint density at radius 1 is 0.398 bits per heavy atom. The van der Waals surface area contributed by atoms with E-state index in [0.717, 1.165) is 167 Å². The Balaban J connectivity index is 2.73. The number of ether oxygens (including phenoxy) is 5. The molecule has 0 bridgehead atoms. The molecule has 0 radical (unpaired) electrons. The molecule has 1 aliphatic heterocycles. The molecule has 1 saturated heterocycles. The van der Waals surface area contributed by atoms with Crippen LogP contribution in [0.5, 0.6) is 0 Å². The summed E-state index contributed by atoms with van der Waals surface area (Å²) in [5.74, 6) is -3.23. The Kier molecular flexibility index (Phi) is 52.0. The zero-order valence-electron chi connectivity index (χ0n) is 51.4. The van der Waals surface area contributed by atoms with Crippen molar-refractivity contribution in [3.05, 3.63) is 146 Å². The van der Waals surface area contributed by atoms with Crippen molar-refractivity contribution in [2.75, 3.05) is 13.2 Å². The summed E-state index contributed by atoms with van der Waals surface area (Å²) in [4.78, 5) is 51.3. The van der Waals surface area contributed by atoms with Crippen LogP contribution in [0.4, 0.5) is 0 Å². The lowest BCUT2D eigenvalue weighted by atomic mass is 9.98. The lowest BCUT2D eigenvalue weighted by Crippen LogP contribution is -2.61. The highest BCUT2D eigenvalue weighted by Crippen LogP contribution is 2.26. The smallest absolute Gasteiger partial charge is 0.335 e. The molecule has 0 saturated carbocycles. The Morgan fingerprint density at radius 3 is 1.11 bits per heavy atom. The van der Waals surface area contributed by atoms with Gasteiger partial charge in [-0.2, -0.15) is 0 Å². The van der Waals surface area contributed by atoms with Crippen LogP contribution in [0.25, 0.3) is 0 Å². The average Bonchev–Trinajstić information content (AvgIpc) is 3.59. The second kappa shape index (κ2) is 57.1. The minimum absolute atomic E-state index is 0.0195. The number of rotatable bonds is 52. The van der Waals surface area contributed by atoms with E-state index in [1.54, 1.807) is 0 Å². The molecule has 6 unspecified atom stereocenters. The summed E-state index contributed by atoms with van der Waals surface area (Å²) in [6, 6.07) is 0. The van der Waals surface area contributed by atoms with Gasteiger partial charge in [0.2, 0.25) is 0 Å². The van der Waals surface area contributed by atoms with Crippen molar-refractivity contribution in [3.8, 4) is 0 Å². The summed E-state index contributed by atoms with van der Waals surface area (Å²) in [5, 5.41) is 31.6. The van der Waals surface area contributed by atoms with Gasteiger partial charge in [0.25, 0.3) is 0 Å². The van der Waals surface area contributed by atoms with E-state index in [0.29, 0.717) is 19.3 Å². The van der Waals surface area contributed by atoms with E-state index < -0.39 is 67.3 Å². The van der Waals surface area contributed by atoms with Gasteiger partial charge < -0.3 is 39.0 Å². The van der Waals surface area contributed by atoms with E-state index in [2.05, 4.69) is 167 Å². The van der Waals surface area contributed by atoms with Gasteiger partial charge in [0.05, 0.1) is 6.61 Å². The van der Waals surface area contributed by atoms with Crippen molar-refractivity contribution < 1.29 is 58.2 Å². The maximum absolute atomic E-state index is 13.2. The van der Waals surface area contributed by atoms with Gasteiger partial charge in [-0.3, -0.25) is 14.4 Å². The molecule has 1 heterocycles. The summed E-state index contributed by atoms with van der Waals surface area (Å²) in [6.45, 7) is 5.61. The predicted octanol–water partition coefficient (Wildman–Crippen LogP) is 17.1. The Morgan fingerprint density at radius 2 is 0.723 bits per heavy atom. The van der Waals surface area contributed by atoms with Crippen LogP contribution in [0.2, 0.25) is 0 Å². The van der Waals surface area contributed by atoms with Gasteiger partial charge in [0, 0.05) is 19.3 Å². The molecule has 0 spiro atoms. The highest BCUT2D eigenvalue weighted by atomic mass is 16.7. The number of hydrogen-bond acceptors (Lipinski definition) is 11. The Hall–Kier alpha value is -5.40.